The molecule has 3 N–H and O–H groups in total. The Labute approximate surface area is 93.5 Å². The molecule has 0 aliphatic carbocycles. The molecule has 1 rings (SSSR count). The second-order valence-corrected chi connectivity index (χ2v) is 3.48. The van der Waals surface area contributed by atoms with Crippen molar-refractivity contribution >= 4 is 5.91 Å². The summed E-state index contributed by atoms with van der Waals surface area (Å²) in [5.74, 6) is -0.623. The van der Waals surface area contributed by atoms with Crippen molar-refractivity contribution in [2.45, 2.75) is 13.5 Å². The van der Waals surface area contributed by atoms with Crippen LogP contribution in [0.4, 0.5) is 4.39 Å². The Bertz CT molecular complexity index is 349. The first-order valence-electron chi connectivity index (χ1n) is 5.01. The zero-order valence-electron chi connectivity index (χ0n) is 9.09. The third-order valence-electron chi connectivity index (χ3n) is 1.95. The van der Waals surface area contributed by atoms with Gasteiger partial charge in [0.05, 0.1) is 0 Å². The van der Waals surface area contributed by atoms with Crippen molar-refractivity contribution in [3.8, 4) is 5.75 Å². The number of hydrogen-bond acceptors (Lipinski definition) is 3. The van der Waals surface area contributed by atoms with Crippen LogP contribution in [0.1, 0.15) is 12.5 Å². The predicted octanol–water partition coefficient (Wildman–Crippen LogP) is 0.757. The Hall–Kier alpha value is -1.62. The van der Waals surface area contributed by atoms with Gasteiger partial charge in [0.1, 0.15) is 11.6 Å². The minimum Gasteiger partial charge on any atom is -0.508 e. The monoisotopic (exact) mass is 226 g/mol. The molecule has 0 saturated heterocycles. The van der Waals surface area contributed by atoms with Gasteiger partial charge in [0, 0.05) is 32.6 Å². The van der Waals surface area contributed by atoms with Gasteiger partial charge in [-0.15, -0.1) is 0 Å². The van der Waals surface area contributed by atoms with Crippen LogP contribution in [0.3, 0.4) is 0 Å². The summed E-state index contributed by atoms with van der Waals surface area (Å²) in [6.45, 7) is 3.02. The van der Waals surface area contributed by atoms with Gasteiger partial charge in [-0.3, -0.25) is 4.79 Å². The van der Waals surface area contributed by atoms with Crippen molar-refractivity contribution in [3.05, 3.63) is 29.6 Å². The van der Waals surface area contributed by atoms with Crippen molar-refractivity contribution < 1.29 is 14.3 Å². The molecule has 0 saturated carbocycles. The smallest absolute Gasteiger partial charge is 0.216 e. The van der Waals surface area contributed by atoms with Crippen LogP contribution >= 0.6 is 0 Å². The minimum atomic E-state index is -0.460. The number of phenols is 1. The second-order valence-electron chi connectivity index (χ2n) is 3.48. The highest BCUT2D eigenvalue weighted by Gasteiger charge is 1.99. The number of carbonyl (C=O) groups excluding carboxylic acids is 1. The molecule has 5 heteroatoms. The standard InChI is InChI=1S/C11H15FN2O2/c1-8(15)14-3-2-13-7-9-4-10(12)6-11(16)5-9/h4-6,13,16H,2-3,7H2,1H3,(H,14,15). The molecule has 0 aliphatic heterocycles. The van der Waals surface area contributed by atoms with Gasteiger partial charge in [0.15, 0.2) is 0 Å². The summed E-state index contributed by atoms with van der Waals surface area (Å²) in [5, 5.41) is 14.8. The Morgan fingerprint density at radius 1 is 1.38 bits per heavy atom. The number of hydrogen-bond donors (Lipinski definition) is 3. The summed E-state index contributed by atoms with van der Waals surface area (Å²) in [6, 6.07) is 3.90. The highest BCUT2D eigenvalue weighted by Crippen LogP contribution is 2.13. The van der Waals surface area contributed by atoms with Gasteiger partial charge in [0.2, 0.25) is 5.91 Å². The Morgan fingerprint density at radius 3 is 2.75 bits per heavy atom. The molecule has 0 aliphatic rings. The first kappa shape index (κ1) is 12.4. The fourth-order valence-corrected chi connectivity index (χ4v) is 1.30. The van der Waals surface area contributed by atoms with Crippen molar-refractivity contribution in [2.24, 2.45) is 0 Å². The van der Waals surface area contributed by atoms with Gasteiger partial charge in [0.25, 0.3) is 0 Å². The van der Waals surface area contributed by atoms with E-state index in [2.05, 4.69) is 10.6 Å². The number of nitrogens with one attached hydrogen (secondary N) is 2. The number of benzene rings is 1. The maximum absolute atomic E-state index is 12.9. The minimum absolute atomic E-state index is 0.0785. The third-order valence-corrected chi connectivity index (χ3v) is 1.95. The van der Waals surface area contributed by atoms with Crippen LogP contribution in [0.2, 0.25) is 0 Å². The quantitative estimate of drug-likeness (QED) is 0.649. The highest BCUT2D eigenvalue weighted by molar-refractivity contribution is 5.72. The van der Waals surface area contributed by atoms with Gasteiger partial charge >= 0.3 is 0 Å². The average molecular weight is 226 g/mol. The van der Waals surface area contributed by atoms with Crippen molar-refractivity contribution in [3.63, 3.8) is 0 Å². The summed E-state index contributed by atoms with van der Waals surface area (Å²) in [4.78, 5) is 10.5. The lowest BCUT2D eigenvalue weighted by molar-refractivity contribution is -0.118. The fourth-order valence-electron chi connectivity index (χ4n) is 1.30. The zero-order chi connectivity index (χ0) is 12.0. The maximum atomic E-state index is 12.9. The zero-order valence-corrected chi connectivity index (χ0v) is 9.09. The van der Waals surface area contributed by atoms with E-state index in [-0.39, 0.29) is 11.7 Å². The molecule has 0 unspecified atom stereocenters. The molecule has 1 aromatic carbocycles. The topological polar surface area (TPSA) is 61.4 Å². The third kappa shape index (κ3) is 4.75. The van der Waals surface area contributed by atoms with Gasteiger partial charge < -0.3 is 15.7 Å². The van der Waals surface area contributed by atoms with Crippen LogP contribution in [0, 0.1) is 5.82 Å². The molecule has 1 amide bonds. The van der Waals surface area contributed by atoms with Crippen LogP contribution in [-0.2, 0) is 11.3 Å². The number of phenolic OH excluding ortho intramolecular Hbond substituents is 1. The normalized spacial score (nSPS) is 10.1. The maximum Gasteiger partial charge on any atom is 0.216 e. The lowest BCUT2D eigenvalue weighted by atomic mass is 10.2. The predicted molar refractivity (Wildman–Crippen MR) is 58.5 cm³/mol. The van der Waals surface area contributed by atoms with Gasteiger partial charge in [-0.05, 0) is 17.7 Å². The number of halogens is 1. The Balaban J connectivity index is 2.29. The molecule has 88 valence electrons. The molecule has 0 bridgehead atoms. The van der Waals surface area contributed by atoms with Gasteiger partial charge in [-0.25, -0.2) is 4.39 Å². The molecule has 4 nitrogen and oxygen atoms in total. The molecule has 0 radical (unpaired) electrons. The van der Waals surface area contributed by atoms with Crippen LogP contribution < -0.4 is 10.6 Å². The van der Waals surface area contributed by atoms with Crippen LogP contribution in [-0.4, -0.2) is 24.1 Å². The van der Waals surface area contributed by atoms with Crippen LogP contribution in [0.5, 0.6) is 5.75 Å². The molecule has 0 atom stereocenters. The van der Waals surface area contributed by atoms with E-state index in [1.165, 1.54) is 19.1 Å². The van der Waals surface area contributed by atoms with E-state index >= 15 is 0 Å². The van der Waals surface area contributed by atoms with E-state index in [9.17, 15) is 9.18 Å². The molecule has 16 heavy (non-hydrogen) atoms. The van der Waals surface area contributed by atoms with E-state index < -0.39 is 5.82 Å². The first-order chi connectivity index (χ1) is 7.58. The number of carbonyl (C=O) groups is 1. The van der Waals surface area contributed by atoms with Crippen LogP contribution in [0.15, 0.2) is 18.2 Å². The van der Waals surface area contributed by atoms with E-state index in [0.717, 1.165) is 6.07 Å². The molecule has 0 heterocycles. The average Bonchev–Trinajstić information content (AvgIpc) is 2.15. The molecular formula is C11H15FN2O2. The van der Waals surface area contributed by atoms with Crippen molar-refractivity contribution in [1.82, 2.24) is 10.6 Å². The van der Waals surface area contributed by atoms with Crippen molar-refractivity contribution in [1.29, 1.82) is 0 Å². The summed E-state index contributed by atoms with van der Waals surface area (Å²) < 4.78 is 12.9. The molecule has 0 aromatic heterocycles. The lowest BCUT2D eigenvalue weighted by Gasteiger charge is -2.06. The van der Waals surface area contributed by atoms with E-state index in [4.69, 9.17) is 5.11 Å². The lowest BCUT2D eigenvalue weighted by Crippen LogP contribution is -2.29. The summed E-state index contributed by atoms with van der Waals surface area (Å²) in [6.07, 6.45) is 0. The second kappa shape index (κ2) is 6.07. The largest absolute Gasteiger partial charge is 0.508 e. The summed E-state index contributed by atoms with van der Waals surface area (Å²) >= 11 is 0. The Morgan fingerprint density at radius 2 is 2.12 bits per heavy atom. The number of aromatic hydroxyl groups is 1. The van der Waals surface area contributed by atoms with Gasteiger partial charge in [-0.2, -0.15) is 0 Å². The fraction of sp³-hybridized carbons (Fsp3) is 0.364. The first-order valence-corrected chi connectivity index (χ1v) is 5.01. The summed E-state index contributed by atoms with van der Waals surface area (Å²) in [5.41, 5.74) is 0.667. The Kier molecular flexibility index (Phi) is 4.72. The number of rotatable bonds is 5. The van der Waals surface area contributed by atoms with E-state index in [0.29, 0.717) is 25.2 Å². The number of amides is 1. The van der Waals surface area contributed by atoms with E-state index in [1.807, 2.05) is 0 Å². The van der Waals surface area contributed by atoms with Gasteiger partial charge in [-0.1, -0.05) is 0 Å². The van der Waals surface area contributed by atoms with Crippen molar-refractivity contribution in [2.75, 3.05) is 13.1 Å². The van der Waals surface area contributed by atoms with E-state index in [1.54, 1.807) is 0 Å². The molecule has 1 aromatic rings. The molecular weight excluding hydrogens is 211 g/mol. The molecule has 0 fully saturated rings. The summed E-state index contributed by atoms with van der Waals surface area (Å²) in [7, 11) is 0. The van der Waals surface area contributed by atoms with Crippen LogP contribution in [0.25, 0.3) is 0 Å². The molecule has 0 spiro atoms. The SMILES string of the molecule is CC(=O)NCCNCc1cc(O)cc(F)c1. The highest BCUT2D eigenvalue weighted by atomic mass is 19.1.